The second-order valence-electron chi connectivity index (χ2n) is 4.75. The Balaban J connectivity index is 2.09. The van der Waals surface area contributed by atoms with E-state index in [4.69, 9.17) is 16.3 Å². The van der Waals surface area contributed by atoms with Crippen molar-refractivity contribution in [3.05, 3.63) is 64.7 Å². The molecule has 0 aromatic heterocycles. The molecule has 0 saturated carbocycles. The maximum Gasteiger partial charge on any atom is 0.269 e. The highest BCUT2D eigenvalue weighted by atomic mass is 35.5. The average molecular weight is 305 g/mol. The third-order valence-electron chi connectivity index (χ3n) is 2.76. The minimum atomic E-state index is -0.202. The van der Waals surface area contributed by atoms with Gasteiger partial charge in [-0.3, -0.25) is 10.2 Å². The van der Waals surface area contributed by atoms with Gasteiger partial charge in [0.15, 0.2) is 0 Å². The molecule has 21 heavy (non-hydrogen) atoms. The van der Waals surface area contributed by atoms with Crippen LogP contribution in [0, 0.1) is 0 Å². The quantitative estimate of drug-likeness (QED) is 0.863. The van der Waals surface area contributed by atoms with Gasteiger partial charge >= 0.3 is 0 Å². The van der Waals surface area contributed by atoms with Crippen molar-refractivity contribution in [2.75, 3.05) is 14.1 Å². The van der Waals surface area contributed by atoms with Crippen LogP contribution < -0.4 is 10.2 Å². The number of nitrogens with zero attached hydrogens (tertiary/aromatic N) is 1. The Labute approximate surface area is 129 Å². The normalized spacial score (nSPS) is 10.5. The summed E-state index contributed by atoms with van der Waals surface area (Å²) in [7, 11) is 3.52. The van der Waals surface area contributed by atoms with Crippen molar-refractivity contribution in [3.63, 3.8) is 0 Å². The lowest BCUT2D eigenvalue weighted by molar-refractivity contribution is 0.0852. The van der Waals surface area contributed by atoms with Crippen LogP contribution in [-0.2, 0) is 6.61 Å². The number of hydrazine groups is 1. The maximum absolute atomic E-state index is 12.1. The number of hydrogen-bond acceptors (Lipinski definition) is 3. The summed E-state index contributed by atoms with van der Waals surface area (Å²) < 4.78 is 5.74. The topological polar surface area (TPSA) is 41.6 Å². The second-order valence-corrected chi connectivity index (χ2v) is 5.18. The minimum Gasteiger partial charge on any atom is -0.488 e. The van der Waals surface area contributed by atoms with Crippen LogP contribution in [0.15, 0.2) is 48.5 Å². The highest BCUT2D eigenvalue weighted by Gasteiger charge is 2.12. The summed E-state index contributed by atoms with van der Waals surface area (Å²) >= 11 is 5.85. The van der Waals surface area contributed by atoms with Gasteiger partial charge in [-0.2, -0.15) is 0 Å². The molecule has 1 amide bonds. The molecule has 2 aromatic carbocycles. The van der Waals surface area contributed by atoms with E-state index in [0.717, 1.165) is 5.56 Å². The van der Waals surface area contributed by atoms with Gasteiger partial charge in [0.05, 0.1) is 5.56 Å². The van der Waals surface area contributed by atoms with Crippen molar-refractivity contribution in [2.24, 2.45) is 0 Å². The van der Waals surface area contributed by atoms with Gasteiger partial charge < -0.3 is 4.74 Å². The molecule has 5 heteroatoms. The number of hydrogen-bond donors (Lipinski definition) is 1. The Morgan fingerprint density at radius 1 is 1.14 bits per heavy atom. The first kappa shape index (κ1) is 15.4. The second kappa shape index (κ2) is 7.11. The summed E-state index contributed by atoms with van der Waals surface area (Å²) in [5, 5.41) is 2.28. The van der Waals surface area contributed by atoms with Gasteiger partial charge in [0.25, 0.3) is 5.91 Å². The highest BCUT2D eigenvalue weighted by molar-refractivity contribution is 6.30. The fraction of sp³-hybridized carbons (Fsp3) is 0.188. The Hall–Kier alpha value is -2.04. The number of carbonyl (C=O) groups is 1. The van der Waals surface area contributed by atoms with Crippen LogP contribution >= 0.6 is 11.6 Å². The summed E-state index contributed by atoms with van der Waals surface area (Å²) in [5.41, 5.74) is 4.19. The zero-order valence-corrected chi connectivity index (χ0v) is 12.7. The predicted octanol–water partition coefficient (Wildman–Crippen LogP) is 3.13. The van der Waals surface area contributed by atoms with Gasteiger partial charge in [0.1, 0.15) is 12.4 Å². The monoisotopic (exact) mass is 304 g/mol. The first-order valence-electron chi connectivity index (χ1n) is 6.51. The number of amides is 1. The molecule has 0 aliphatic heterocycles. The predicted molar refractivity (Wildman–Crippen MR) is 83.4 cm³/mol. The molecule has 0 radical (unpaired) electrons. The summed E-state index contributed by atoms with van der Waals surface area (Å²) in [6.45, 7) is 0.378. The summed E-state index contributed by atoms with van der Waals surface area (Å²) in [5.74, 6) is 0.346. The number of rotatable bonds is 5. The van der Waals surface area contributed by atoms with Crippen molar-refractivity contribution in [1.29, 1.82) is 0 Å². The molecule has 110 valence electrons. The van der Waals surface area contributed by atoms with E-state index in [1.807, 2.05) is 30.3 Å². The van der Waals surface area contributed by atoms with E-state index in [0.29, 0.717) is 22.9 Å². The number of carbonyl (C=O) groups excluding carboxylic acids is 1. The molecule has 0 saturated heterocycles. The van der Waals surface area contributed by atoms with Gasteiger partial charge in [0, 0.05) is 19.1 Å². The zero-order chi connectivity index (χ0) is 15.2. The van der Waals surface area contributed by atoms with Crippen molar-refractivity contribution < 1.29 is 9.53 Å². The van der Waals surface area contributed by atoms with E-state index in [9.17, 15) is 4.79 Å². The molecule has 0 fully saturated rings. The van der Waals surface area contributed by atoms with Gasteiger partial charge in [-0.1, -0.05) is 35.9 Å². The van der Waals surface area contributed by atoms with E-state index in [2.05, 4.69) is 5.43 Å². The SMILES string of the molecule is CN(C)NC(=O)c1ccccc1OCc1ccc(Cl)cc1. The third-order valence-corrected chi connectivity index (χ3v) is 3.02. The molecule has 0 aliphatic rings. The van der Waals surface area contributed by atoms with Gasteiger partial charge in [-0.05, 0) is 29.8 Å². The van der Waals surface area contributed by atoms with E-state index in [1.54, 1.807) is 37.3 Å². The fourth-order valence-electron chi connectivity index (χ4n) is 1.79. The van der Waals surface area contributed by atoms with Crippen LogP contribution in [0.25, 0.3) is 0 Å². The first-order valence-corrected chi connectivity index (χ1v) is 6.88. The van der Waals surface area contributed by atoms with E-state index in [1.165, 1.54) is 0 Å². The molecule has 0 spiro atoms. The summed E-state index contributed by atoms with van der Waals surface area (Å²) in [6.07, 6.45) is 0. The largest absolute Gasteiger partial charge is 0.488 e. The van der Waals surface area contributed by atoms with Gasteiger partial charge in [-0.15, -0.1) is 0 Å². The van der Waals surface area contributed by atoms with Crippen LogP contribution in [0.3, 0.4) is 0 Å². The van der Waals surface area contributed by atoms with Gasteiger partial charge in [0.2, 0.25) is 0 Å². The fourth-order valence-corrected chi connectivity index (χ4v) is 1.91. The number of nitrogens with one attached hydrogen (secondary N) is 1. The molecule has 0 atom stereocenters. The Bertz CT molecular complexity index is 612. The van der Waals surface area contributed by atoms with Crippen LogP contribution in [0.5, 0.6) is 5.75 Å². The smallest absolute Gasteiger partial charge is 0.269 e. The molecule has 2 aromatic rings. The Morgan fingerprint density at radius 3 is 2.48 bits per heavy atom. The molecular weight excluding hydrogens is 288 g/mol. The lowest BCUT2D eigenvalue weighted by atomic mass is 10.2. The molecule has 0 unspecified atom stereocenters. The van der Waals surface area contributed by atoms with E-state index in [-0.39, 0.29) is 5.91 Å². The van der Waals surface area contributed by atoms with Crippen molar-refractivity contribution in [3.8, 4) is 5.75 Å². The average Bonchev–Trinajstić information content (AvgIpc) is 2.46. The number of para-hydroxylation sites is 1. The Morgan fingerprint density at radius 2 is 1.81 bits per heavy atom. The van der Waals surface area contributed by atoms with Crippen LogP contribution in [0.1, 0.15) is 15.9 Å². The van der Waals surface area contributed by atoms with Crippen LogP contribution in [-0.4, -0.2) is 25.0 Å². The third kappa shape index (κ3) is 4.48. The Kier molecular flexibility index (Phi) is 5.20. The molecule has 4 nitrogen and oxygen atoms in total. The molecule has 0 bridgehead atoms. The minimum absolute atomic E-state index is 0.202. The van der Waals surface area contributed by atoms with Gasteiger partial charge in [-0.25, -0.2) is 5.01 Å². The highest BCUT2D eigenvalue weighted by Crippen LogP contribution is 2.20. The summed E-state index contributed by atoms with van der Waals surface area (Å²) in [6, 6.07) is 14.6. The van der Waals surface area contributed by atoms with Crippen LogP contribution in [0.4, 0.5) is 0 Å². The molecular formula is C16H17ClN2O2. The first-order chi connectivity index (χ1) is 10.1. The lowest BCUT2D eigenvalue weighted by Crippen LogP contribution is -2.36. The van der Waals surface area contributed by atoms with Crippen molar-refractivity contribution in [2.45, 2.75) is 6.61 Å². The zero-order valence-electron chi connectivity index (χ0n) is 12.0. The van der Waals surface area contributed by atoms with Crippen molar-refractivity contribution >= 4 is 17.5 Å². The molecule has 0 heterocycles. The maximum atomic E-state index is 12.1. The number of ether oxygens (including phenoxy) is 1. The number of benzene rings is 2. The lowest BCUT2D eigenvalue weighted by Gasteiger charge is -2.15. The molecule has 2 rings (SSSR count). The standard InChI is InChI=1S/C16H17ClN2O2/c1-19(2)18-16(20)14-5-3-4-6-15(14)21-11-12-7-9-13(17)10-8-12/h3-10H,11H2,1-2H3,(H,18,20). The van der Waals surface area contributed by atoms with E-state index < -0.39 is 0 Å². The van der Waals surface area contributed by atoms with Crippen LogP contribution in [0.2, 0.25) is 5.02 Å². The van der Waals surface area contributed by atoms with E-state index >= 15 is 0 Å². The summed E-state index contributed by atoms with van der Waals surface area (Å²) in [4.78, 5) is 12.1. The molecule has 0 aliphatic carbocycles. The molecule has 1 N–H and O–H groups in total. The van der Waals surface area contributed by atoms with Crippen molar-refractivity contribution in [1.82, 2.24) is 10.4 Å². The number of halogens is 1.